The maximum absolute atomic E-state index is 13.2. The second kappa shape index (κ2) is 8.86. The predicted octanol–water partition coefficient (Wildman–Crippen LogP) is 3.96. The predicted molar refractivity (Wildman–Crippen MR) is 121 cm³/mol. The van der Waals surface area contributed by atoms with Crippen LogP contribution in [0.5, 0.6) is 5.75 Å². The zero-order valence-corrected chi connectivity index (χ0v) is 17.9. The van der Waals surface area contributed by atoms with Crippen LogP contribution in [-0.4, -0.2) is 45.5 Å². The van der Waals surface area contributed by atoms with E-state index in [1.54, 1.807) is 30.7 Å². The summed E-state index contributed by atoms with van der Waals surface area (Å²) in [6.07, 6.45) is 9.48. The number of piperidine rings is 1. The Hall–Kier alpha value is -3.61. The third-order valence-corrected chi connectivity index (χ3v) is 6.20. The van der Waals surface area contributed by atoms with Gasteiger partial charge in [0.1, 0.15) is 5.75 Å². The SMILES string of the molecule is O=C(Nc1ccc2c(c1)C(=O)N1CCCC[C@@H]1CCO2)c1ccc(Cn2ccnc2)cc1. The van der Waals surface area contributed by atoms with Crippen molar-refractivity contribution in [2.24, 2.45) is 0 Å². The smallest absolute Gasteiger partial charge is 0.257 e. The number of nitrogens with one attached hydrogen (secondary N) is 1. The van der Waals surface area contributed by atoms with E-state index in [4.69, 9.17) is 4.74 Å². The number of carbonyl (C=O) groups is 2. The van der Waals surface area contributed by atoms with Crippen LogP contribution in [0.15, 0.2) is 61.2 Å². The van der Waals surface area contributed by atoms with Crippen molar-refractivity contribution in [3.8, 4) is 5.75 Å². The molecule has 0 radical (unpaired) electrons. The number of hydrogen-bond acceptors (Lipinski definition) is 4. The number of anilines is 1. The van der Waals surface area contributed by atoms with E-state index in [9.17, 15) is 9.59 Å². The third kappa shape index (κ3) is 4.23. The van der Waals surface area contributed by atoms with Gasteiger partial charge in [-0.3, -0.25) is 9.59 Å². The first-order valence-corrected chi connectivity index (χ1v) is 11.1. The summed E-state index contributed by atoms with van der Waals surface area (Å²) >= 11 is 0. The van der Waals surface area contributed by atoms with Crippen molar-refractivity contribution in [3.63, 3.8) is 0 Å². The van der Waals surface area contributed by atoms with E-state index >= 15 is 0 Å². The fourth-order valence-corrected chi connectivity index (χ4v) is 4.48. The molecule has 3 heterocycles. The van der Waals surface area contributed by atoms with Crippen LogP contribution in [0.4, 0.5) is 5.69 Å². The van der Waals surface area contributed by atoms with Crippen molar-refractivity contribution in [3.05, 3.63) is 77.9 Å². The molecular formula is C25H26N4O3. The largest absolute Gasteiger partial charge is 0.493 e. The van der Waals surface area contributed by atoms with Gasteiger partial charge < -0.3 is 19.5 Å². The first kappa shape index (κ1) is 20.3. The molecule has 0 aliphatic carbocycles. The maximum Gasteiger partial charge on any atom is 0.257 e. The Bertz CT molecular complexity index is 1110. The van der Waals surface area contributed by atoms with Crippen LogP contribution in [0, 0.1) is 0 Å². The van der Waals surface area contributed by atoms with Crippen LogP contribution in [0.1, 0.15) is 52.0 Å². The van der Waals surface area contributed by atoms with Crippen LogP contribution in [0.3, 0.4) is 0 Å². The molecule has 164 valence electrons. The minimum absolute atomic E-state index is 0.00986. The lowest BCUT2D eigenvalue weighted by atomic mass is 9.97. The van der Waals surface area contributed by atoms with Crippen LogP contribution >= 0.6 is 0 Å². The molecule has 0 saturated carbocycles. The molecule has 2 aromatic carbocycles. The van der Waals surface area contributed by atoms with Gasteiger partial charge in [-0.15, -0.1) is 0 Å². The number of aromatic nitrogens is 2. The molecule has 2 amide bonds. The van der Waals surface area contributed by atoms with E-state index in [1.165, 1.54) is 0 Å². The number of imidazole rings is 1. The quantitative estimate of drug-likeness (QED) is 0.680. The van der Waals surface area contributed by atoms with E-state index in [2.05, 4.69) is 10.3 Å². The Morgan fingerprint density at radius 1 is 1.12 bits per heavy atom. The summed E-state index contributed by atoms with van der Waals surface area (Å²) in [6, 6.07) is 13.0. The molecule has 1 atom stereocenters. The molecule has 7 heteroatoms. The lowest BCUT2D eigenvalue weighted by Crippen LogP contribution is -2.45. The Morgan fingerprint density at radius 3 is 2.81 bits per heavy atom. The number of nitrogens with zero attached hydrogens (tertiary/aromatic N) is 3. The van der Waals surface area contributed by atoms with E-state index in [0.29, 0.717) is 35.7 Å². The summed E-state index contributed by atoms with van der Waals surface area (Å²) in [5.74, 6) is 0.361. The second-order valence-corrected chi connectivity index (χ2v) is 8.38. The summed E-state index contributed by atoms with van der Waals surface area (Å²) in [5.41, 5.74) is 2.75. The zero-order chi connectivity index (χ0) is 21.9. The van der Waals surface area contributed by atoms with Gasteiger partial charge in [-0.25, -0.2) is 4.98 Å². The Kier molecular flexibility index (Phi) is 5.62. The van der Waals surface area contributed by atoms with Crippen LogP contribution in [0.25, 0.3) is 0 Å². The van der Waals surface area contributed by atoms with Gasteiger partial charge in [0.15, 0.2) is 0 Å². The number of hydrogen-bond donors (Lipinski definition) is 1. The third-order valence-electron chi connectivity index (χ3n) is 6.20. The standard InChI is InChI=1S/C25H26N4O3/c30-24(19-6-4-18(5-7-19)16-28-13-11-26-17-28)27-20-8-9-23-22(15-20)25(31)29-12-2-1-3-21(29)10-14-32-23/h4-9,11,13,15,17,21H,1-3,10,12,14,16H2,(H,27,30)/t21-/m1/s1. The monoisotopic (exact) mass is 430 g/mol. The molecule has 1 fully saturated rings. The zero-order valence-electron chi connectivity index (χ0n) is 17.9. The highest BCUT2D eigenvalue weighted by Crippen LogP contribution is 2.31. The molecular weight excluding hydrogens is 404 g/mol. The van der Waals surface area contributed by atoms with E-state index < -0.39 is 0 Å². The summed E-state index contributed by atoms with van der Waals surface area (Å²) < 4.78 is 7.85. The van der Waals surface area contributed by atoms with E-state index in [1.807, 2.05) is 39.9 Å². The van der Waals surface area contributed by atoms with Gasteiger partial charge in [0, 0.05) is 49.2 Å². The number of amides is 2. The second-order valence-electron chi connectivity index (χ2n) is 8.38. The first-order chi connectivity index (χ1) is 15.7. The average molecular weight is 431 g/mol. The van der Waals surface area contributed by atoms with Crippen molar-refractivity contribution >= 4 is 17.5 Å². The lowest BCUT2D eigenvalue weighted by Gasteiger charge is -2.37. The van der Waals surface area contributed by atoms with Gasteiger partial charge in [0.2, 0.25) is 0 Å². The van der Waals surface area contributed by atoms with E-state index in [0.717, 1.165) is 37.8 Å². The van der Waals surface area contributed by atoms with Gasteiger partial charge in [-0.05, 0) is 55.2 Å². The molecule has 0 unspecified atom stereocenters. The highest BCUT2D eigenvalue weighted by Gasteiger charge is 2.31. The molecule has 3 aromatic rings. The number of ether oxygens (including phenoxy) is 1. The molecule has 1 N–H and O–H groups in total. The van der Waals surface area contributed by atoms with Gasteiger partial charge >= 0.3 is 0 Å². The van der Waals surface area contributed by atoms with Crippen LogP contribution in [0.2, 0.25) is 0 Å². The average Bonchev–Trinajstić information content (AvgIpc) is 3.32. The van der Waals surface area contributed by atoms with Crippen molar-refractivity contribution in [2.45, 2.75) is 38.3 Å². The normalized spacial score (nSPS) is 18.1. The van der Waals surface area contributed by atoms with E-state index in [-0.39, 0.29) is 17.9 Å². The lowest BCUT2D eigenvalue weighted by molar-refractivity contribution is 0.0548. The van der Waals surface area contributed by atoms with Gasteiger partial charge in [-0.1, -0.05) is 12.1 Å². The molecule has 2 aliphatic heterocycles. The Morgan fingerprint density at radius 2 is 2.00 bits per heavy atom. The highest BCUT2D eigenvalue weighted by molar-refractivity contribution is 6.05. The molecule has 32 heavy (non-hydrogen) atoms. The van der Waals surface area contributed by atoms with Gasteiger partial charge in [0.05, 0.1) is 18.5 Å². The highest BCUT2D eigenvalue weighted by atomic mass is 16.5. The minimum atomic E-state index is -0.214. The van der Waals surface area contributed by atoms with Gasteiger partial charge in [0.25, 0.3) is 11.8 Å². The molecule has 2 aliphatic rings. The van der Waals surface area contributed by atoms with Gasteiger partial charge in [-0.2, -0.15) is 0 Å². The molecule has 1 aromatic heterocycles. The van der Waals surface area contributed by atoms with Crippen LogP contribution in [-0.2, 0) is 6.54 Å². The summed E-state index contributed by atoms with van der Waals surface area (Å²) in [7, 11) is 0. The summed E-state index contributed by atoms with van der Waals surface area (Å²) in [4.78, 5) is 32.0. The Balaban J connectivity index is 1.31. The van der Waals surface area contributed by atoms with Crippen molar-refractivity contribution < 1.29 is 14.3 Å². The number of fused-ring (bicyclic) bond motifs is 2. The molecule has 7 nitrogen and oxygen atoms in total. The summed E-state index contributed by atoms with van der Waals surface area (Å²) in [6.45, 7) is 2.08. The fraction of sp³-hybridized carbons (Fsp3) is 0.320. The minimum Gasteiger partial charge on any atom is -0.493 e. The van der Waals surface area contributed by atoms with Crippen molar-refractivity contribution in [2.75, 3.05) is 18.5 Å². The number of rotatable bonds is 4. The fourth-order valence-electron chi connectivity index (χ4n) is 4.48. The molecule has 1 saturated heterocycles. The first-order valence-electron chi connectivity index (χ1n) is 11.1. The van der Waals surface area contributed by atoms with Crippen LogP contribution < -0.4 is 10.1 Å². The Labute approximate surface area is 187 Å². The molecule has 5 rings (SSSR count). The topological polar surface area (TPSA) is 76.5 Å². The molecule has 0 bridgehead atoms. The van der Waals surface area contributed by atoms with Crippen molar-refractivity contribution in [1.29, 1.82) is 0 Å². The number of carbonyl (C=O) groups excluding carboxylic acids is 2. The summed E-state index contributed by atoms with van der Waals surface area (Å²) in [5, 5.41) is 2.92. The number of benzene rings is 2. The maximum atomic E-state index is 13.2. The van der Waals surface area contributed by atoms with Crippen molar-refractivity contribution in [1.82, 2.24) is 14.5 Å². The molecule has 0 spiro atoms.